The van der Waals surface area contributed by atoms with Gasteiger partial charge in [0, 0.05) is 45.3 Å². The van der Waals surface area contributed by atoms with Crippen molar-refractivity contribution in [3.63, 3.8) is 0 Å². The molecule has 2 heterocycles. The molecule has 0 aliphatic heterocycles. The number of nitrogens with zero attached hydrogens (tertiary/aromatic N) is 4. The van der Waals surface area contributed by atoms with Gasteiger partial charge >= 0.3 is 0 Å². The van der Waals surface area contributed by atoms with Crippen molar-refractivity contribution in [1.29, 1.82) is 0 Å². The van der Waals surface area contributed by atoms with E-state index in [2.05, 4.69) is 15.4 Å². The molecule has 6 heteroatoms. The first-order chi connectivity index (χ1) is 8.56. The Bertz CT molecular complexity index is 561. The zero-order chi connectivity index (χ0) is 13.1. The average molecular weight is 245 g/mol. The summed E-state index contributed by atoms with van der Waals surface area (Å²) in [5, 5.41) is 7.32. The van der Waals surface area contributed by atoms with Crippen molar-refractivity contribution in [2.45, 2.75) is 0 Å². The fraction of sp³-hybridized carbons (Fsp3) is 0.250. The second-order valence-corrected chi connectivity index (χ2v) is 4.13. The summed E-state index contributed by atoms with van der Waals surface area (Å²) in [6.07, 6.45) is 3.44. The number of amides is 1. The SMILES string of the molecule is CN(C)C(=O)c1cc(Nc2ccn(C)n2)ccn1. The van der Waals surface area contributed by atoms with Gasteiger partial charge in [-0.15, -0.1) is 0 Å². The number of aryl methyl sites for hydroxylation is 1. The fourth-order valence-corrected chi connectivity index (χ4v) is 1.48. The number of hydrogen-bond acceptors (Lipinski definition) is 4. The quantitative estimate of drug-likeness (QED) is 0.884. The second-order valence-electron chi connectivity index (χ2n) is 4.13. The standard InChI is InChI=1S/C12H15N5O/c1-16(2)12(18)10-8-9(4-6-13-10)14-11-5-7-17(3)15-11/h4-8H,1-3H3,(H,13,14,15). The summed E-state index contributed by atoms with van der Waals surface area (Å²) in [5.74, 6) is 0.603. The van der Waals surface area contributed by atoms with Crippen molar-refractivity contribution < 1.29 is 4.79 Å². The van der Waals surface area contributed by atoms with Crippen LogP contribution in [0, 0.1) is 0 Å². The Morgan fingerprint density at radius 3 is 2.78 bits per heavy atom. The number of pyridine rings is 1. The number of carbonyl (C=O) groups is 1. The molecule has 0 aromatic carbocycles. The minimum atomic E-state index is -0.125. The van der Waals surface area contributed by atoms with Crippen molar-refractivity contribution >= 4 is 17.4 Å². The zero-order valence-electron chi connectivity index (χ0n) is 10.6. The van der Waals surface area contributed by atoms with Gasteiger partial charge in [-0.1, -0.05) is 0 Å². The summed E-state index contributed by atoms with van der Waals surface area (Å²) in [6.45, 7) is 0. The Balaban J connectivity index is 2.19. The van der Waals surface area contributed by atoms with E-state index in [-0.39, 0.29) is 5.91 Å². The number of anilines is 2. The van der Waals surface area contributed by atoms with Crippen molar-refractivity contribution in [3.8, 4) is 0 Å². The second kappa shape index (κ2) is 4.87. The third-order valence-electron chi connectivity index (χ3n) is 2.37. The highest BCUT2D eigenvalue weighted by atomic mass is 16.2. The van der Waals surface area contributed by atoms with Crippen LogP contribution in [0.15, 0.2) is 30.6 Å². The number of rotatable bonds is 3. The van der Waals surface area contributed by atoms with Crippen molar-refractivity contribution in [3.05, 3.63) is 36.3 Å². The molecule has 2 aromatic heterocycles. The molecular weight excluding hydrogens is 230 g/mol. The lowest BCUT2D eigenvalue weighted by Gasteiger charge is -2.10. The molecule has 0 aliphatic rings. The van der Waals surface area contributed by atoms with Gasteiger partial charge in [-0.3, -0.25) is 14.5 Å². The van der Waals surface area contributed by atoms with E-state index in [1.807, 2.05) is 19.3 Å². The Morgan fingerprint density at radius 1 is 1.39 bits per heavy atom. The molecule has 1 N–H and O–H groups in total. The van der Waals surface area contributed by atoms with Gasteiger partial charge in [0.05, 0.1) is 0 Å². The summed E-state index contributed by atoms with van der Waals surface area (Å²) >= 11 is 0. The first-order valence-corrected chi connectivity index (χ1v) is 5.50. The number of nitrogens with one attached hydrogen (secondary N) is 1. The average Bonchev–Trinajstić information content (AvgIpc) is 2.74. The molecule has 0 saturated carbocycles. The summed E-state index contributed by atoms with van der Waals surface area (Å²) < 4.78 is 1.70. The van der Waals surface area contributed by atoms with E-state index < -0.39 is 0 Å². The fourth-order valence-electron chi connectivity index (χ4n) is 1.48. The van der Waals surface area contributed by atoms with Crippen LogP contribution in [0.5, 0.6) is 0 Å². The zero-order valence-corrected chi connectivity index (χ0v) is 10.6. The molecule has 0 radical (unpaired) electrons. The van der Waals surface area contributed by atoms with Crippen LogP contribution in [0.1, 0.15) is 10.5 Å². The molecule has 0 fully saturated rings. The van der Waals surface area contributed by atoms with Gasteiger partial charge in [-0.25, -0.2) is 0 Å². The van der Waals surface area contributed by atoms with Crippen LogP contribution in [0.4, 0.5) is 11.5 Å². The van der Waals surface area contributed by atoms with Crippen molar-refractivity contribution in [1.82, 2.24) is 19.7 Å². The predicted octanol–water partition coefficient (Wildman–Crippen LogP) is 1.26. The normalized spacial score (nSPS) is 10.2. The maximum Gasteiger partial charge on any atom is 0.272 e. The van der Waals surface area contributed by atoms with Crippen molar-refractivity contribution in [2.75, 3.05) is 19.4 Å². The van der Waals surface area contributed by atoms with Crippen LogP contribution in [0.2, 0.25) is 0 Å². The third-order valence-corrected chi connectivity index (χ3v) is 2.37. The first-order valence-electron chi connectivity index (χ1n) is 5.50. The molecule has 6 nitrogen and oxygen atoms in total. The maximum absolute atomic E-state index is 11.8. The first kappa shape index (κ1) is 12.1. The lowest BCUT2D eigenvalue weighted by molar-refractivity contribution is 0.0822. The van der Waals surface area contributed by atoms with Crippen LogP contribution < -0.4 is 5.32 Å². The van der Waals surface area contributed by atoms with Gasteiger partial charge in [-0.2, -0.15) is 5.10 Å². The Kier molecular flexibility index (Phi) is 3.27. The van der Waals surface area contributed by atoms with Crippen LogP contribution in [-0.2, 0) is 7.05 Å². The molecule has 2 rings (SSSR count). The smallest absolute Gasteiger partial charge is 0.272 e. The topological polar surface area (TPSA) is 63.1 Å². The van der Waals surface area contributed by atoms with E-state index >= 15 is 0 Å². The largest absolute Gasteiger partial charge is 0.343 e. The van der Waals surface area contributed by atoms with Gasteiger partial charge in [0.25, 0.3) is 5.91 Å². The van der Waals surface area contributed by atoms with Crippen LogP contribution in [-0.4, -0.2) is 39.7 Å². The van der Waals surface area contributed by atoms with Crippen LogP contribution in [0.3, 0.4) is 0 Å². The summed E-state index contributed by atoms with van der Waals surface area (Å²) in [7, 11) is 5.24. The molecule has 0 aliphatic carbocycles. The minimum Gasteiger partial charge on any atom is -0.343 e. The molecule has 0 saturated heterocycles. The molecule has 0 spiro atoms. The van der Waals surface area contributed by atoms with E-state index in [1.54, 1.807) is 37.1 Å². The summed E-state index contributed by atoms with van der Waals surface area (Å²) in [4.78, 5) is 17.3. The highest BCUT2D eigenvalue weighted by Crippen LogP contribution is 2.14. The highest BCUT2D eigenvalue weighted by Gasteiger charge is 2.10. The lowest BCUT2D eigenvalue weighted by Crippen LogP contribution is -2.22. The van der Waals surface area contributed by atoms with E-state index in [0.29, 0.717) is 5.69 Å². The van der Waals surface area contributed by atoms with Gasteiger partial charge in [0.1, 0.15) is 5.69 Å². The molecule has 0 atom stereocenters. The molecule has 18 heavy (non-hydrogen) atoms. The van der Waals surface area contributed by atoms with E-state index in [9.17, 15) is 4.79 Å². The molecule has 94 valence electrons. The molecule has 1 amide bonds. The van der Waals surface area contributed by atoms with Gasteiger partial charge in [0.2, 0.25) is 0 Å². The number of carbonyl (C=O) groups excluding carboxylic acids is 1. The van der Waals surface area contributed by atoms with E-state index in [1.165, 1.54) is 4.90 Å². The monoisotopic (exact) mass is 245 g/mol. The molecule has 2 aromatic rings. The van der Waals surface area contributed by atoms with Crippen LogP contribution >= 0.6 is 0 Å². The van der Waals surface area contributed by atoms with Crippen LogP contribution in [0.25, 0.3) is 0 Å². The maximum atomic E-state index is 11.8. The van der Waals surface area contributed by atoms with Gasteiger partial charge < -0.3 is 10.2 Å². The van der Waals surface area contributed by atoms with Gasteiger partial charge in [-0.05, 0) is 12.1 Å². The summed E-state index contributed by atoms with van der Waals surface area (Å²) in [5.41, 5.74) is 1.19. The predicted molar refractivity (Wildman–Crippen MR) is 68.7 cm³/mol. The van der Waals surface area contributed by atoms with E-state index in [0.717, 1.165) is 11.5 Å². The minimum absolute atomic E-state index is 0.125. The molecule has 0 bridgehead atoms. The Morgan fingerprint density at radius 2 is 2.17 bits per heavy atom. The third kappa shape index (κ3) is 2.65. The number of aromatic nitrogens is 3. The molecule has 0 unspecified atom stereocenters. The Labute approximate surface area is 105 Å². The molecular formula is C12H15N5O. The van der Waals surface area contributed by atoms with Crippen molar-refractivity contribution in [2.24, 2.45) is 7.05 Å². The van der Waals surface area contributed by atoms with E-state index in [4.69, 9.17) is 0 Å². The summed E-state index contributed by atoms with van der Waals surface area (Å²) in [6, 6.07) is 5.35. The van der Waals surface area contributed by atoms with Gasteiger partial charge in [0.15, 0.2) is 5.82 Å². The highest BCUT2D eigenvalue weighted by molar-refractivity contribution is 5.92. The Hall–Kier alpha value is -2.37. The number of hydrogen-bond donors (Lipinski definition) is 1. The lowest BCUT2D eigenvalue weighted by atomic mass is 10.3.